The third-order valence-electron chi connectivity index (χ3n) is 3.73. The maximum atomic E-state index is 11.2. The molecule has 0 aliphatic rings. The van der Waals surface area contributed by atoms with E-state index in [2.05, 4.69) is 10.3 Å². The highest BCUT2D eigenvalue weighted by Gasteiger charge is 2.02. The highest BCUT2D eigenvalue weighted by Crippen LogP contribution is 2.23. The van der Waals surface area contributed by atoms with Gasteiger partial charge in [-0.2, -0.15) is 0 Å². The van der Waals surface area contributed by atoms with Gasteiger partial charge in [-0.3, -0.25) is 4.79 Å². The summed E-state index contributed by atoms with van der Waals surface area (Å²) in [5.74, 6) is 1.23. The molecule has 28 heavy (non-hydrogen) atoms. The number of hydrogen-bond acceptors (Lipinski definition) is 3. The van der Waals surface area contributed by atoms with E-state index >= 15 is 0 Å². The van der Waals surface area contributed by atoms with Gasteiger partial charge in [0.2, 0.25) is 5.91 Å². The van der Waals surface area contributed by atoms with Crippen LogP contribution in [0.5, 0.6) is 11.5 Å². The van der Waals surface area contributed by atoms with Gasteiger partial charge in [-0.15, -0.1) is 24.0 Å². The van der Waals surface area contributed by atoms with Crippen LogP contribution in [0.25, 0.3) is 0 Å². The number of nitrogens with zero attached hydrogens (tertiary/aromatic N) is 1. The molecule has 144 valence electrons. The minimum atomic E-state index is -0.470. The average molecular weight is 488 g/mol. The van der Waals surface area contributed by atoms with Crippen molar-refractivity contribution in [2.45, 2.75) is 6.54 Å². The summed E-state index contributed by atoms with van der Waals surface area (Å²) >= 11 is 0. The average Bonchev–Trinajstić information content (AvgIpc) is 2.68. The molecular weight excluding hydrogens is 467 g/mol. The first-order valence-electron chi connectivity index (χ1n) is 8.39. The fourth-order valence-corrected chi connectivity index (χ4v) is 2.45. The lowest BCUT2D eigenvalue weighted by Crippen LogP contribution is -2.22. The Labute approximate surface area is 180 Å². The van der Waals surface area contributed by atoms with Gasteiger partial charge >= 0.3 is 0 Å². The van der Waals surface area contributed by atoms with Gasteiger partial charge < -0.3 is 21.5 Å². The molecule has 6 nitrogen and oxygen atoms in total. The molecule has 0 fully saturated rings. The number of anilines is 1. The number of para-hydroxylation sites is 1. The van der Waals surface area contributed by atoms with Gasteiger partial charge in [-0.1, -0.05) is 36.4 Å². The molecule has 3 rings (SSSR count). The number of rotatable bonds is 6. The number of primary amides is 1. The number of carbonyl (C=O) groups excluding carboxylic acids is 1. The molecule has 0 unspecified atom stereocenters. The lowest BCUT2D eigenvalue weighted by atomic mass is 10.1. The number of nitrogens with one attached hydrogen (secondary N) is 1. The number of carbonyl (C=O) groups is 1. The molecule has 0 aromatic heterocycles. The number of halogens is 1. The molecule has 1 amide bonds. The quantitative estimate of drug-likeness (QED) is 0.276. The summed E-state index contributed by atoms with van der Waals surface area (Å²) in [6.45, 7) is 0.333. The molecule has 0 saturated heterocycles. The van der Waals surface area contributed by atoms with E-state index in [1.54, 1.807) is 18.2 Å². The Kier molecular flexibility index (Phi) is 7.82. The zero-order valence-electron chi connectivity index (χ0n) is 15.0. The zero-order chi connectivity index (χ0) is 19.1. The van der Waals surface area contributed by atoms with E-state index in [9.17, 15) is 4.79 Å². The van der Waals surface area contributed by atoms with Gasteiger partial charge in [0, 0.05) is 17.3 Å². The minimum absolute atomic E-state index is 0. The van der Waals surface area contributed by atoms with Crippen molar-refractivity contribution < 1.29 is 9.53 Å². The van der Waals surface area contributed by atoms with Crippen LogP contribution in [0.2, 0.25) is 0 Å². The van der Waals surface area contributed by atoms with Crippen molar-refractivity contribution >= 4 is 41.5 Å². The Morgan fingerprint density at radius 2 is 1.61 bits per heavy atom. The molecule has 0 bridgehead atoms. The van der Waals surface area contributed by atoms with Crippen LogP contribution in [0.3, 0.4) is 0 Å². The molecule has 3 aromatic carbocycles. The predicted molar refractivity (Wildman–Crippen MR) is 122 cm³/mol. The van der Waals surface area contributed by atoms with Gasteiger partial charge in [-0.25, -0.2) is 4.99 Å². The monoisotopic (exact) mass is 488 g/mol. The maximum absolute atomic E-state index is 11.2. The first-order valence-corrected chi connectivity index (χ1v) is 8.39. The van der Waals surface area contributed by atoms with E-state index in [-0.39, 0.29) is 29.9 Å². The Morgan fingerprint density at radius 3 is 2.36 bits per heavy atom. The smallest absolute Gasteiger partial charge is 0.248 e. The number of nitrogens with two attached hydrogens (primary N) is 2. The van der Waals surface area contributed by atoms with Crippen LogP contribution >= 0.6 is 24.0 Å². The summed E-state index contributed by atoms with van der Waals surface area (Å²) in [5.41, 5.74) is 13.3. The minimum Gasteiger partial charge on any atom is -0.457 e. The fraction of sp³-hybridized carbons (Fsp3) is 0.0476. The Hall–Kier alpha value is -3.07. The number of hydrogen-bond donors (Lipinski definition) is 3. The highest BCUT2D eigenvalue weighted by molar-refractivity contribution is 14.0. The van der Waals surface area contributed by atoms with Crippen LogP contribution in [-0.2, 0) is 6.54 Å². The first kappa shape index (κ1) is 21.2. The Balaban J connectivity index is 0.00000280. The summed E-state index contributed by atoms with van der Waals surface area (Å²) in [6, 6.07) is 23.9. The van der Waals surface area contributed by atoms with Gasteiger partial charge in [0.05, 0.1) is 6.54 Å². The predicted octanol–water partition coefficient (Wildman–Crippen LogP) is 4.12. The Bertz CT molecular complexity index is 961. The molecule has 0 spiro atoms. The van der Waals surface area contributed by atoms with Crippen molar-refractivity contribution in [3.8, 4) is 11.5 Å². The van der Waals surface area contributed by atoms with E-state index in [4.69, 9.17) is 16.2 Å². The van der Waals surface area contributed by atoms with Crippen molar-refractivity contribution in [2.75, 3.05) is 5.32 Å². The van der Waals surface area contributed by atoms with Gasteiger partial charge in [0.1, 0.15) is 11.5 Å². The lowest BCUT2D eigenvalue weighted by molar-refractivity contribution is 0.1000. The van der Waals surface area contributed by atoms with Crippen molar-refractivity contribution in [3.63, 3.8) is 0 Å². The summed E-state index contributed by atoms with van der Waals surface area (Å²) in [6.07, 6.45) is 0. The molecule has 7 heteroatoms. The third kappa shape index (κ3) is 6.27. The van der Waals surface area contributed by atoms with E-state index < -0.39 is 5.91 Å². The van der Waals surface area contributed by atoms with Gasteiger partial charge in [0.25, 0.3) is 0 Å². The maximum Gasteiger partial charge on any atom is 0.248 e. The summed E-state index contributed by atoms with van der Waals surface area (Å²) in [7, 11) is 0. The number of benzene rings is 3. The summed E-state index contributed by atoms with van der Waals surface area (Å²) in [5, 5.41) is 3.03. The van der Waals surface area contributed by atoms with E-state index in [1.807, 2.05) is 60.7 Å². The van der Waals surface area contributed by atoms with E-state index in [0.29, 0.717) is 17.9 Å². The first-order chi connectivity index (χ1) is 13.1. The molecule has 5 N–H and O–H groups in total. The standard InChI is InChI=1S/C21H20N4O2.HI/c22-20(26)16-7-4-6-15(12-16)14-24-21(23)25-17-8-5-11-19(13-17)27-18-9-2-1-3-10-18;/h1-13H,14H2,(H2,22,26)(H3,23,24,25);1H. The van der Waals surface area contributed by atoms with Crippen LogP contribution in [-0.4, -0.2) is 11.9 Å². The zero-order valence-corrected chi connectivity index (χ0v) is 17.4. The Morgan fingerprint density at radius 1 is 0.893 bits per heavy atom. The molecule has 0 aliphatic carbocycles. The van der Waals surface area contributed by atoms with Crippen LogP contribution < -0.4 is 21.5 Å². The van der Waals surface area contributed by atoms with E-state index in [0.717, 1.165) is 17.0 Å². The third-order valence-corrected chi connectivity index (χ3v) is 3.73. The topological polar surface area (TPSA) is 103 Å². The second-order valence-electron chi connectivity index (χ2n) is 5.83. The van der Waals surface area contributed by atoms with Gasteiger partial charge in [-0.05, 0) is 42.0 Å². The molecular formula is C21H21IN4O2. The van der Waals surface area contributed by atoms with Crippen molar-refractivity contribution in [1.29, 1.82) is 0 Å². The summed E-state index contributed by atoms with van der Waals surface area (Å²) < 4.78 is 5.80. The lowest BCUT2D eigenvalue weighted by Gasteiger charge is -2.09. The second kappa shape index (κ2) is 10.3. The number of amides is 1. The van der Waals surface area contributed by atoms with Crippen molar-refractivity contribution in [1.82, 2.24) is 0 Å². The van der Waals surface area contributed by atoms with Crippen LogP contribution in [0.1, 0.15) is 15.9 Å². The largest absolute Gasteiger partial charge is 0.457 e. The van der Waals surface area contributed by atoms with Crippen molar-refractivity contribution in [3.05, 3.63) is 90.0 Å². The number of guanidine groups is 1. The SMILES string of the molecule is I.NC(=O)c1cccc(CN=C(N)Nc2cccc(Oc3ccccc3)c2)c1. The molecule has 0 heterocycles. The molecule has 3 aromatic rings. The molecule has 0 saturated carbocycles. The summed E-state index contributed by atoms with van der Waals surface area (Å²) in [4.78, 5) is 15.5. The normalized spacial score (nSPS) is 10.6. The molecule has 0 atom stereocenters. The van der Waals surface area contributed by atoms with E-state index in [1.165, 1.54) is 0 Å². The van der Waals surface area contributed by atoms with Gasteiger partial charge in [0.15, 0.2) is 5.96 Å². The van der Waals surface area contributed by atoms with Crippen LogP contribution in [0.15, 0.2) is 83.9 Å². The number of ether oxygens (including phenoxy) is 1. The van der Waals surface area contributed by atoms with Crippen LogP contribution in [0.4, 0.5) is 5.69 Å². The highest BCUT2D eigenvalue weighted by atomic mass is 127. The van der Waals surface area contributed by atoms with Crippen molar-refractivity contribution in [2.24, 2.45) is 16.5 Å². The molecule has 0 radical (unpaired) electrons. The fourth-order valence-electron chi connectivity index (χ4n) is 2.45. The van der Waals surface area contributed by atoms with Crippen LogP contribution in [0, 0.1) is 0 Å². The second-order valence-corrected chi connectivity index (χ2v) is 5.83. The number of aliphatic imine (C=N–C) groups is 1. The molecule has 0 aliphatic heterocycles.